The number of carbonyl (C=O) groups excluding carboxylic acids is 5. The highest BCUT2D eigenvalue weighted by molar-refractivity contribution is 8.00. The van der Waals surface area contributed by atoms with Crippen LogP contribution in [0.2, 0.25) is 0 Å². The lowest BCUT2D eigenvalue weighted by Gasteiger charge is -2.48. The Morgan fingerprint density at radius 3 is 2.21 bits per heavy atom. The average molecular weight is 505 g/mol. The van der Waals surface area contributed by atoms with Crippen molar-refractivity contribution in [2.45, 2.75) is 69.5 Å². The third-order valence-corrected chi connectivity index (χ3v) is 5.79. The first-order valence-electron chi connectivity index (χ1n) is 10.0. The monoisotopic (exact) mass is 504 g/mol. The fourth-order valence-electron chi connectivity index (χ4n) is 3.54. The SMILES string of the molecule is COC(=O)[C@@]1(SC)C[C@H](OC(C)=O)[C@@H](NC(C)=O)[C@H]([C@H](OC(C)=O)[C@@H](CN=[N+]=[N-])OC(C)=O)O1. The van der Waals surface area contributed by atoms with Crippen LogP contribution in [0.15, 0.2) is 5.11 Å². The van der Waals surface area contributed by atoms with Crippen LogP contribution in [0, 0.1) is 0 Å². The summed E-state index contributed by atoms with van der Waals surface area (Å²) in [6.07, 6.45) is -4.08. The van der Waals surface area contributed by atoms with Crippen LogP contribution in [-0.4, -0.2) is 85.1 Å². The lowest BCUT2D eigenvalue weighted by atomic mass is 9.89. The van der Waals surface area contributed by atoms with Crippen molar-refractivity contribution in [3.8, 4) is 0 Å². The zero-order chi connectivity index (χ0) is 26.1. The van der Waals surface area contributed by atoms with Gasteiger partial charge in [0, 0.05) is 39.0 Å². The summed E-state index contributed by atoms with van der Waals surface area (Å²) in [6, 6.07) is -1.15. The number of methoxy groups -OCH3 is 1. The van der Waals surface area contributed by atoms with Crippen LogP contribution >= 0.6 is 11.8 Å². The molecule has 1 rings (SSSR count). The molecule has 0 aromatic carbocycles. The van der Waals surface area contributed by atoms with Crippen LogP contribution < -0.4 is 5.32 Å². The summed E-state index contributed by atoms with van der Waals surface area (Å²) in [7, 11) is 1.13. The summed E-state index contributed by atoms with van der Waals surface area (Å²) in [5, 5.41) is 5.98. The number of nitrogens with zero attached hydrogens (tertiary/aromatic N) is 3. The Morgan fingerprint density at radius 2 is 1.76 bits per heavy atom. The van der Waals surface area contributed by atoms with Gasteiger partial charge in [0.15, 0.2) is 6.10 Å². The standard InChI is InChI=1S/C19H28N4O10S/c1-9(24)22-15-13(30-10(2)25)7-19(34-6,18(28)29-5)33-17(15)16(32-12(4)27)14(8-21-23-20)31-11(3)26/h13-17H,7-8H2,1-6H3,(H,22,24)/t13-,14+,15+,16+,17+,19-/m0/s1. The molecule has 34 heavy (non-hydrogen) atoms. The molecule has 1 N–H and O–H groups in total. The lowest BCUT2D eigenvalue weighted by molar-refractivity contribution is -0.220. The Morgan fingerprint density at radius 1 is 1.15 bits per heavy atom. The predicted octanol–water partition coefficient (Wildman–Crippen LogP) is 0.618. The van der Waals surface area contributed by atoms with Gasteiger partial charge in [-0.1, -0.05) is 5.11 Å². The van der Waals surface area contributed by atoms with Gasteiger partial charge in [-0.05, 0) is 11.8 Å². The maximum Gasteiger partial charge on any atom is 0.348 e. The van der Waals surface area contributed by atoms with Gasteiger partial charge in [0.05, 0.1) is 19.7 Å². The molecule has 0 aliphatic carbocycles. The molecule has 0 spiro atoms. The molecule has 1 fully saturated rings. The number of amides is 1. The van der Waals surface area contributed by atoms with Gasteiger partial charge in [0.1, 0.15) is 18.3 Å². The quantitative estimate of drug-likeness (QED) is 0.144. The Kier molecular flexibility index (Phi) is 11.1. The molecule has 0 unspecified atom stereocenters. The average Bonchev–Trinajstić information content (AvgIpc) is 2.74. The molecule has 1 aliphatic rings. The first kappa shape index (κ1) is 29.0. The second-order valence-corrected chi connectivity index (χ2v) is 8.31. The fraction of sp³-hybridized carbons (Fsp3) is 0.737. The molecule has 1 heterocycles. The van der Waals surface area contributed by atoms with E-state index >= 15 is 0 Å². The first-order valence-corrected chi connectivity index (χ1v) is 11.2. The van der Waals surface area contributed by atoms with Crippen molar-refractivity contribution in [1.82, 2.24) is 5.32 Å². The van der Waals surface area contributed by atoms with Crippen molar-refractivity contribution in [1.29, 1.82) is 0 Å². The molecule has 0 bridgehead atoms. The third kappa shape index (κ3) is 7.78. The van der Waals surface area contributed by atoms with Crippen molar-refractivity contribution in [2.75, 3.05) is 19.9 Å². The van der Waals surface area contributed by atoms with Gasteiger partial charge < -0.3 is 29.0 Å². The molecule has 6 atom stereocenters. The Balaban J connectivity index is 3.73. The number of ether oxygens (including phenoxy) is 5. The fourth-order valence-corrected chi connectivity index (χ4v) is 4.33. The number of carbonyl (C=O) groups is 5. The molecule has 15 heteroatoms. The molecule has 0 aromatic rings. The maximum absolute atomic E-state index is 12.7. The second kappa shape index (κ2) is 13.0. The minimum absolute atomic E-state index is 0.219. The van der Waals surface area contributed by atoms with E-state index in [9.17, 15) is 24.0 Å². The van der Waals surface area contributed by atoms with Crippen LogP contribution in [-0.2, 0) is 47.7 Å². The molecular formula is C19H28N4O10S. The Hall–Kier alpha value is -3.03. The molecule has 0 aromatic heterocycles. The molecular weight excluding hydrogens is 476 g/mol. The van der Waals surface area contributed by atoms with E-state index in [1.165, 1.54) is 6.92 Å². The van der Waals surface area contributed by atoms with Crippen molar-refractivity contribution >= 4 is 41.5 Å². The van der Waals surface area contributed by atoms with Gasteiger partial charge in [0.25, 0.3) is 0 Å². The van der Waals surface area contributed by atoms with Crippen molar-refractivity contribution in [3.05, 3.63) is 10.4 Å². The van der Waals surface area contributed by atoms with Gasteiger partial charge in [-0.25, -0.2) is 4.79 Å². The molecule has 14 nitrogen and oxygen atoms in total. The van der Waals surface area contributed by atoms with E-state index in [0.717, 1.165) is 39.6 Å². The highest BCUT2D eigenvalue weighted by Crippen LogP contribution is 2.41. The number of hydrogen-bond donors (Lipinski definition) is 1. The smallest absolute Gasteiger partial charge is 0.348 e. The molecule has 190 valence electrons. The van der Waals surface area contributed by atoms with Crippen LogP contribution in [0.5, 0.6) is 0 Å². The number of esters is 4. The topological polar surface area (TPSA) is 192 Å². The zero-order valence-corrected chi connectivity index (χ0v) is 20.4. The minimum Gasteiger partial charge on any atom is -0.466 e. The van der Waals surface area contributed by atoms with E-state index in [-0.39, 0.29) is 6.42 Å². The Labute approximate surface area is 199 Å². The van der Waals surface area contributed by atoms with Gasteiger partial charge in [-0.2, -0.15) is 0 Å². The summed E-state index contributed by atoms with van der Waals surface area (Å²) in [4.78, 5) is 61.2. The highest BCUT2D eigenvalue weighted by Gasteiger charge is 2.57. The van der Waals surface area contributed by atoms with E-state index < -0.39 is 71.7 Å². The van der Waals surface area contributed by atoms with E-state index in [0.29, 0.717) is 0 Å². The number of rotatable bonds is 10. The number of hydrogen-bond acceptors (Lipinski definition) is 12. The molecule has 0 radical (unpaired) electrons. The van der Waals surface area contributed by atoms with Gasteiger partial charge >= 0.3 is 23.9 Å². The third-order valence-electron chi connectivity index (χ3n) is 4.70. The first-order chi connectivity index (χ1) is 15.9. The van der Waals surface area contributed by atoms with Gasteiger partial charge in [-0.15, -0.1) is 11.8 Å². The van der Waals surface area contributed by atoms with Crippen LogP contribution in [0.1, 0.15) is 34.1 Å². The largest absolute Gasteiger partial charge is 0.466 e. The summed E-state index contributed by atoms with van der Waals surface area (Å²) in [5.41, 5.74) is 8.76. The Bertz CT molecular complexity index is 845. The summed E-state index contributed by atoms with van der Waals surface area (Å²) in [6.45, 7) is 4.03. The lowest BCUT2D eigenvalue weighted by Crippen LogP contribution is -2.67. The summed E-state index contributed by atoms with van der Waals surface area (Å²) < 4.78 is 27.0. The van der Waals surface area contributed by atoms with Crippen LogP contribution in [0.3, 0.4) is 0 Å². The van der Waals surface area contributed by atoms with Crippen molar-refractivity contribution < 1.29 is 47.7 Å². The number of azide groups is 1. The van der Waals surface area contributed by atoms with Crippen molar-refractivity contribution in [2.24, 2.45) is 5.11 Å². The number of thioether (sulfide) groups is 1. The van der Waals surface area contributed by atoms with Crippen LogP contribution in [0.4, 0.5) is 0 Å². The zero-order valence-electron chi connectivity index (χ0n) is 19.6. The molecule has 1 aliphatic heterocycles. The highest BCUT2D eigenvalue weighted by atomic mass is 32.2. The van der Waals surface area contributed by atoms with E-state index in [1.807, 2.05) is 0 Å². The van der Waals surface area contributed by atoms with Gasteiger partial charge in [-0.3, -0.25) is 19.2 Å². The minimum atomic E-state index is -1.74. The second-order valence-electron chi connectivity index (χ2n) is 7.24. The molecule has 1 amide bonds. The number of nitrogens with one attached hydrogen (secondary N) is 1. The van der Waals surface area contributed by atoms with E-state index in [2.05, 4.69) is 15.3 Å². The van der Waals surface area contributed by atoms with E-state index in [4.69, 9.17) is 29.2 Å². The van der Waals surface area contributed by atoms with Crippen LogP contribution in [0.25, 0.3) is 10.4 Å². The molecule has 1 saturated heterocycles. The maximum atomic E-state index is 12.7. The van der Waals surface area contributed by atoms with Gasteiger partial charge in [0.2, 0.25) is 10.8 Å². The normalized spacial score (nSPS) is 25.5. The molecule has 0 saturated carbocycles. The van der Waals surface area contributed by atoms with Crippen molar-refractivity contribution in [3.63, 3.8) is 0 Å². The summed E-state index contributed by atoms with van der Waals surface area (Å²) in [5.74, 6) is -3.70. The summed E-state index contributed by atoms with van der Waals surface area (Å²) >= 11 is 0.930. The predicted molar refractivity (Wildman–Crippen MR) is 116 cm³/mol. The van der Waals surface area contributed by atoms with E-state index in [1.54, 1.807) is 6.26 Å².